The number of hydrogen-bond donors (Lipinski definition) is 1. The van der Waals surface area contributed by atoms with Crippen LogP contribution in [-0.2, 0) is 4.79 Å². The van der Waals surface area contributed by atoms with E-state index in [2.05, 4.69) is 5.32 Å². The smallest absolute Gasteiger partial charge is 0.272 e. The fraction of sp³-hybridized carbons (Fsp3) is 0.158. The molecule has 0 aliphatic heterocycles. The van der Waals surface area contributed by atoms with Crippen molar-refractivity contribution in [1.82, 2.24) is 0 Å². The summed E-state index contributed by atoms with van der Waals surface area (Å²) in [5, 5.41) is 22.6. The number of hydrogen-bond acceptors (Lipinski definition) is 6. The zero-order chi connectivity index (χ0) is 22.4. The van der Waals surface area contributed by atoms with Gasteiger partial charge in [0.25, 0.3) is 11.6 Å². The fourth-order valence-electron chi connectivity index (χ4n) is 2.41. The number of nitriles is 1. The molecule has 2 aromatic carbocycles. The summed E-state index contributed by atoms with van der Waals surface area (Å²) < 4.78 is 10.7. The van der Waals surface area contributed by atoms with Gasteiger partial charge in [0.1, 0.15) is 11.6 Å². The van der Waals surface area contributed by atoms with E-state index in [-0.39, 0.29) is 32.0 Å². The predicted molar refractivity (Wildman–Crippen MR) is 115 cm³/mol. The number of nitro benzene ring substituents is 1. The first-order valence-corrected chi connectivity index (χ1v) is 9.42. The Morgan fingerprint density at radius 2 is 1.87 bits per heavy atom. The van der Waals surface area contributed by atoms with Crippen LogP contribution >= 0.6 is 34.8 Å². The van der Waals surface area contributed by atoms with E-state index < -0.39 is 10.8 Å². The molecule has 11 heteroatoms. The highest BCUT2D eigenvalue weighted by molar-refractivity contribution is 6.40. The summed E-state index contributed by atoms with van der Waals surface area (Å²) >= 11 is 18.2. The number of nitro groups is 1. The highest BCUT2D eigenvalue weighted by atomic mass is 35.5. The number of methoxy groups -OCH3 is 1. The molecule has 0 unspecified atom stereocenters. The average molecular weight is 471 g/mol. The van der Waals surface area contributed by atoms with Crippen molar-refractivity contribution in [2.24, 2.45) is 0 Å². The van der Waals surface area contributed by atoms with Crippen LogP contribution in [0.4, 0.5) is 11.4 Å². The van der Waals surface area contributed by atoms with Gasteiger partial charge in [-0.1, -0.05) is 34.8 Å². The predicted octanol–water partition coefficient (Wildman–Crippen LogP) is 5.51. The van der Waals surface area contributed by atoms with Crippen LogP contribution in [0.3, 0.4) is 0 Å². The lowest BCUT2D eigenvalue weighted by atomic mass is 10.1. The number of nitrogens with one attached hydrogen (secondary N) is 1. The molecule has 0 spiro atoms. The Labute approximate surface area is 186 Å². The molecule has 0 atom stereocenters. The maximum absolute atomic E-state index is 12.5. The maximum atomic E-state index is 12.5. The largest absolute Gasteiger partial charge is 0.491 e. The van der Waals surface area contributed by atoms with Crippen molar-refractivity contribution in [3.63, 3.8) is 0 Å². The second-order valence-corrected chi connectivity index (χ2v) is 6.85. The zero-order valence-electron chi connectivity index (χ0n) is 15.7. The molecule has 0 saturated carbocycles. The Morgan fingerprint density at radius 3 is 2.37 bits per heavy atom. The third-order valence-electron chi connectivity index (χ3n) is 3.69. The van der Waals surface area contributed by atoms with Gasteiger partial charge in [0.2, 0.25) is 0 Å². The molecule has 2 rings (SSSR count). The van der Waals surface area contributed by atoms with Gasteiger partial charge in [-0.3, -0.25) is 14.9 Å². The molecule has 0 saturated heterocycles. The quantitative estimate of drug-likeness (QED) is 0.247. The van der Waals surface area contributed by atoms with Gasteiger partial charge in [-0.2, -0.15) is 5.26 Å². The molecule has 0 heterocycles. The summed E-state index contributed by atoms with van der Waals surface area (Å²) in [7, 11) is 1.44. The molecule has 0 aromatic heterocycles. The first kappa shape index (κ1) is 23.3. The van der Waals surface area contributed by atoms with Crippen LogP contribution in [0.5, 0.6) is 11.5 Å². The normalized spacial score (nSPS) is 10.9. The first-order valence-electron chi connectivity index (χ1n) is 8.28. The van der Waals surface area contributed by atoms with Crippen LogP contribution in [0.1, 0.15) is 12.5 Å². The summed E-state index contributed by atoms with van der Waals surface area (Å²) in [6.45, 7) is 2.13. The van der Waals surface area contributed by atoms with Crippen molar-refractivity contribution < 1.29 is 19.2 Å². The number of anilines is 1. The molecule has 0 aliphatic rings. The Hall–Kier alpha value is -2.99. The van der Waals surface area contributed by atoms with E-state index in [9.17, 15) is 20.2 Å². The minimum absolute atomic E-state index is 0.0575. The van der Waals surface area contributed by atoms with Crippen LogP contribution in [0.25, 0.3) is 6.08 Å². The summed E-state index contributed by atoms with van der Waals surface area (Å²) in [6.07, 6.45) is 1.29. The highest BCUT2D eigenvalue weighted by Crippen LogP contribution is 2.37. The van der Waals surface area contributed by atoms with Gasteiger partial charge in [-0.25, -0.2) is 0 Å². The molecule has 0 aliphatic carbocycles. The Bertz CT molecular complexity index is 1060. The number of ether oxygens (including phenoxy) is 2. The third-order valence-corrected chi connectivity index (χ3v) is 4.57. The van der Waals surface area contributed by atoms with Gasteiger partial charge in [-0.15, -0.1) is 0 Å². The van der Waals surface area contributed by atoms with Crippen molar-refractivity contribution in [1.29, 1.82) is 5.26 Å². The van der Waals surface area contributed by atoms with E-state index in [1.54, 1.807) is 19.1 Å². The van der Waals surface area contributed by atoms with E-state index in [1.165, 1.54) is 19.3 Å². The van der Waals surface area contributed by atoms with Crippen LogP contribution in [0.15, 0.2) is 29.8 Å². The molecule has 0 bridgehead atoms. The zero-order valence-corrected chi connectivity index (χ0v) is 17.9. The second-order valence-electron chi connectivity index (χ2n) is 5.63. The number of nitrogens with zero attached hydrogens (tertiary/aromatic N) is 2. The molecule has 1 N–H and O–H groups in total. The molecule has 156 valence electrons. The average Bonchev–Trinajstić information content (AvgIpc) is 2.68. The minimum atomic E-state index is -0.819. The van der Waals surface area contributed by atoms with E-state index in [0.717, 1.165) is 12.1 Å². The Kier molecular flexibility index (Phi) is 7.89. The van der Waals surface area contributed by atoms with Gasteiger partial charge >= 0.3 is 0 Å². The van der Waals surface area contributed by atoms with Gasteiger partial charge < -0.3 is 14.8 Å². The van der Waals surface area contributed by atoms with Crippen molar-refractivity contribution in [2.45, 2.75) is 6.92 Å². The van der Waals surface area contributed by atoms with Gasteiger partial charge in [0, 0.05) is 12.1 Å². The summed E-state index contributed by atoms with van der Waals surface area (Å²) in [6, 6.07) is 6.91. The van der Waals surface area contributed by atoms with Crippen LogP contribution < -0.4 is 14.8 Å². The van der Waals surface area contributed by atoms with Crippen LogP contribution in [0.2, 0.25) is 15.1 Å². The topological polar surface area (TPSA) is 114 Å². The first-order chi connectivity index (χ1) is 14.2. The van der Waals surface area contributed by atoms with E-state index in [4.69, 9.17) is 44.3 Å². The SMILES string of the molecule is CCOc1cc(/C=C(\C#N)C(=O)Nc2c(Cl)cc([N+](=O)[O-])cc2Cl)cc(Cl)c1OC. The number of amides is 1. The van der Waals surface area contributed by atoms with Crippen molar-refractivity contribution >= 4 is 58.2 Å². The van der Waals surface area contributed by atoms with Crippen molar-refractivity contribution in [3.05, 3.63) is 60.6 Å². The third kappa shape index (κ3) is 5.33. The lowest BCUT2D eigenvalue weighted by molar-refractivity contribution is -0.384. The summed E-state index contributed by atoms with van der Waals surface area (Å²) in [5.41, 5.74) is -0.269. The number of non-ortho nitro benzene ring substituents is 1. The lowest BCUT2D eigenvalue weighted by Gasteiger charge is -2.12. The Balaban J connectivity index is 2.39. The van der Waals surface area contributed by atoms with Gasteiger partial charge in [-0.05, 0) is 30.7 Å². The summed E-state index contributed by atoms with van der Waals surface area (Å²) in [5.74, 6) is -0.152. The van der Waals surface area contributed by atoms with Crippen molar-refractivity contribution in [3.8, 4) is 17.6 Å². The molecule has 30 heavy (non-hydrogen) atoms. The van der Waals surface area contributed by atoms with E-state index in [0.29, 0.717) is 23.7 Å². The molecular formula is C19H14Cl3N3O5. The maximum Gasteiger partial charge on any atom is 0.272 e. The fourth-order valence-corrected chi connectivity index (χ4v) is 3.28. The van der Waals surface area contributed by atoms with Gasteiger partial charge in [0.15, 0.2) is 11.5 Å². The molecule has 1 amide bonds. The van der Waals surface area contributed by atoms with E-state index in [1.807, 2.05) is 0 Å². The number of halogens is 3. The molecule has 0 fully saturated rings. The number of carbonyl (C=O) groups excluding carboxylic acids is 1. The minimum Gasteiger partial charge on any atom is -0.491 e. The van der Waals surface area contributed by atoms with E-state index >= 15 is 0 Å². The molecule has 8 nitrogen and oxygen atoms in total. The molecule has 0 radical (unpaired) electrons. The lowest BCUT2D eigenvalue weighted by Crippen LogP contribution is -2.14. The number of rotatable bonds is 7. The number of benzene rings is 2. The van der Waals surface area contributed by atoms with Crippen LogP contribution in [-0.4, -0.2) is 24.5 Å². The van der Waals surface area contributed by atoms with Crippen LogP contribution in [0, 0.1) is 21.4 Å². The summed E-state index contributed by atoms with van der Waals surface area (Å²) in [4.78, 5) is 22.7. The van der Waals surface area contributed by atoms with Crippen molar-refractivity contribution in [2.75, 3.05) is 19.0 Å². The molecular weight excluding hydrogens is 457 g/mol. The standard InChI is InChI=1S/C19H14Cl3N3O5/c1-3-30-16-6-10(5-15(22)18(16)29-2)4-11(9-23)19(26)24-17-13(20)7-12(25(27)28)8-14(17)21/h4-8H,3H2,1-2H3,(H,24,26)/b11-4+. The van der Waals surface area contributed by atoms with Gasteiger partial charge in [0.05, 0.1) is 39.4 Å². The Morgan fingerprint density at radius 1 is 1.23 bits per heavy atom. The molecule has 2 aromatic rings. The highest BCUT2D eigenvalue weighted by Gasteiger charge is 2.19. The second kappa shape index (κ2) is 10.2. The number of carbonyl (C=O) groups is 1. The monoisotopic (exact) mass is 469 g/mol.